The number of hydrogen-bond acceptors (Lipinski definition) is 5. The Bertz CT molecular complexity index is 1150. The van der Waals surface area contributed by atoms with Gasteiger partial charge in [0.2, 0.25) is 0 Å². The van der Waals surface area contributed by atoms with E-state index >= 15 is 0 Å². The molecule has 0 saturated carbocycles. The Labute approximate surface area is 193 Å². The molecule has 1 amide bonds. The Morgan fingerprint density at radius 1 is 1.03 bits per heavy atom. The van der Waals surface area contributed by atoms with Gasteiger partial charge in [0.05, 0.1) is 5.69 Å². The van der Waals surface area contributed by atoms with E-state index in [-0.39, 0.29) is 10.1 Å². The summed E-state index contributed by atoms with van der Waals surface area (Å²) in [6.45, 7) is 3.70. The minimum Gasteiger partial charge on any atom is -0.348 e. The third kappa shape index (κ3) is 5.20. The minimum absolute atomic E-state index is 0.190. The summed E-state index contributed by atoms with van der Waals surface area (Å²) < 4.78 is 26.8. The van der Waals surface area contributed by atoms with Crippen LogP contribution in [0.4, 0.5) is 5.69 Å². The molecule has 32 heavy (non-hydrogen) atoms. The Balaban J connectivity index is 1.36. The van der Waals surface area contributed by atoms with Crippen molar-refractivity contribution in [2.24, 2.45) is 0 Å². The highest BCUT2D eigenvalue weighted by atomic mass is 32.2. The summed E-state index contributed by atoms with van der Waals surface area (Å²) in [5, 5.41) is 4.69. The summed E-state index contributed by atoms with van der Waals surface area (Å²) in [6, 6.07) is 18.2. The van der Waals surface area contributed by atoms with E-state index in [2.05, 4.69) is 22.3 Å². The van der Waals surface area contributed by atoms with Gasteiger partial charge in [0.25, 0.3) is 15.9 Å². The standard InChI is InChI=1S/C24H27N3O3S2/c1-26(32(29,30)23-8-5-15-31-23)22-11-9-21(10-12-22)24(28)25-17-19-6-4-7-20(16-19)18-27-13-2-3-14-27/h4-12,15-16H,2-3,13-14,17-18H2,1H3,(H,25,28). The van der Waals surface area contributed by atoms with E-state index in [0.29, 0.717) is 17.8 Å². The van der Waals surface area contributed by atoms with E-state index in [1.165, 1.54) is 41.1 Å². The molecule has 4 rings (SSSR count). The first kappa shape index (κ1) is 22.5. The molecule has 8 heteroatoms. The summed E-state index contributed by atoms with van der Waals surface area (Å²) in [5.41, 5.74) is 3.32. The predicted molar refractivity (Wildman–Crippen MR) is 128 cm³/mol. The fourth-order valence-corrected chi connectivity index (χ4v) is 6.18. The second kappa shape index (κ2) is 9.85. The third-order valence-corrected chi connectivity index (χ3v) is 8.81. The fourth-order valence-electron chi connectivity index (χ4n) is 3.83. The number of hydrogen-bond donors (Lipinski definition) is 1. The lowest BCUT2D eigenvalue weighted by atomic mass is 10.1. The summed E-state index contributed by atoms with van der Waals surface area (Å²) in [4.78, 5) is 15.1. The summed E-state index contributed by atoms with van der Waals surface area (Å²) in [7, 11) is -2.08. The smallest absolute Gasteiger partial charge is 0.273 e. The van der Waals surface area contributed by atoms with E-state index in [9.17, 15) is 13.2 Å². The Morgan fingerprint density at radius 3 is 2.44 bits per heavy atom. The average Bonchev–Trinajstić information content (AvgIpc) is 3.52. The highest BCUT2D eigenvalue weighted by Gasteiger charge is 2.22. The maximum Gasteiger partial charge on any atom is 0.273 e. The quantitative estimate of drug-likeness (QED) is 0.539. The van der Waals surface area contributed by atoms with E-state index in [0.717, 1.165) is 25.2 Å². The molecule has 0 atom stereocenters. The van der Waals surface area contributed by atoms with Crippen molar-refractivity contribution in [3.63, 3.8) is 0 Å². The lowest BCUT2D eigenvalue weighted by Crippen LogP contribution is -2.26. The van der Waals surface area contributed by atoms with Crippen molar-refractivity contribution in [1.29, 1.82) is 0 Å². The zero-order valence-electron chi connectivity index (χ0n) is 18.0. The Kier molecular flexibility index (Phi) is 6.93. The van der Waals surface area contributed by atoms with Crippen LogP contribution in [-0.2, 0) is 23.1 Å². The van der Waals surface area contributed by atoms with Crippen LogP contribution in [0.25, 0.3) is 0 Å². The molecule has 0 spiro atoms. The maximum atomic E-state index is 12.7. The molecule has 1 fully saturated rings. The van der Waals surface area contributed by atoms with Crippen LogP contribution in [0.5, 0.6) is 0 Å². The van der Waals surface area contributed by atoms with Gasteiger partial charge in [0, 0.05) is 25.7 Å². The van der Waals surface area contributed by atoms with E-state index < -0.39 is 10.0 Å². The van der Waals surface area contributed by atoms with E-state index in [1.54, 1.807) is 41.8 Å². The SMILES string of the molecule is CN(c1ccc(C(=O)NCc2cccc(CN3CCCC3)c2)cc1)S(=O)(=O)c1cccs1. The third-order valence-electron chi connectivity index (χ3n) is 5.65. The largest absolute Gasteiger partial charge is 0.348 e. The van der Waals surface area contributed by atoms with Gasteiger partial charge < -0.3 is 5.32 Å². The first-order valence-electron chi connectivity index (χ1n) is 10.6. The molecule has 1 aliphatic heterocycles. The maximum absolute atomic E-state index is 12.7. The van der Waals surface area contributed by atoms with Gasteiger partial charge in [-0.2, -0.15) is 0 Å². The second-order valence-corrected chi connectivity index (χ2v) is 11.1. The molecule has 0 radical (unpaired) electrons. The topological polar surface area (TPSA) is 69.7 Å². The van der Waals surface area contributed by atoms with Gasteiger partial charge in [0.15, 0.2) is 0 Å². The van der Waals surface area contributed by atoms with Gasteiger partial charge in [-0.1, -0.05) is 30.3 Å². The molecule has 1 aromatic heterocycles. The zero-order chi connectivity index (χ0) is 22.6. The van der Waals surface area contributed by atoms with Gasteiger partial charge in [-0.3, -0.25) is 14.0 Å². The van der Waals surface area contributed by atoms with E-state index in [4.69, 9.17) is 0 Å². The van der Waals surface area contributed by atoms with Crippen molar-refractivity contribution in [3.8, 4) is 0 Å². The molecular weight excluding hydrogens is 442 g/mol. The van der Waals surface area contributed by atoms with Crippen molar-refractivity contribution in [2.75, 3.05) is 24.4 Å². The van der Waals surface area contributed by atoms with Crippen LogP contribution in [0.1, 0.15) is 34.3 Å². The van der Waals surface area contributed by atoms with Crippen LogP contribution >= 0.6 is 11.3 Å². The molecule has 1 N–H and O–H groups in total. The molecule has 0 unspecified atom stereocenters. The van der Waals surface area contributed by atoms with Crippen LogP contribution in [0.3, 0.4) is 0 Å². The lowest BCUT2D eigenvalue weighted by molar-refractivity contribution is 0.0951. The number of likely N-dealkylation sites (tertiary alicyclic amines) is 1. The molecular formula is C24H27N3O3S2. The van der Waals surface area contributed by atoms with Gasteiger partial charge in [-0.25, -0.2) is 8.42 Å². The number of nitrogens with zero attached hydrogens (tertiary/aromatic N) is 2. The van der Waals surface area contributed by atoms with Crippen molar-refractivity contribution in [1.82, 2.24) is 10.2 Å². The number of carbonyl (C=O) groups is 1. The van der Waals surface area contributed by atoms with Crippen molar-refractivity contribution >= 4 is 33.0 Å². The Hall–Kier alpha value is -2.68. The van der Waals surface area contributed by atoms with Gasteiger partial charge in [-0.15, -0.1) is 11.3 Å². The number of nitrogens with one attached hydrogen (secondary N) is 1. The number of carbonyl (C=O) groups excluding carboxylic acids is 1. The molecule has 6 nitrogen and oxygen atoms in total. The van der Waals surface area contributed by atoms with Crippen LogP contribution < -0.4 is 9.62 Å². The molecule has 0 aliphatic carbocycles. The second-order valence-electron chi connectivity index (χ2n) is 7.94. The van der Waals surface area contributed by atoms with Crippen LogP contribution in [0.15, 0.2) is 70.3 Å². The van der Waals surface area contributed by atoms with Crippen LogP contribution in [-0.4, -0.2) is 39.4 Å². The summed E-state index contributed by atoms with van der Waals surface area (Å²) in [5.74, 6) is -0.190. The van der Waals surface area contributed by atoms with Crippen LogP contribution in [0, 0.1) is 0 Å². The Morgan fingerprint density at radius 2 is 1.75 bits per heavy atom. The van der Waals surface area contributed by atoms with Gasteiger partial charge in [-0.05, 0) is 72.8 Å². The molecule has 3 aromatic rings. The number of anilines is 1. The fraction of sp³-hybridized carbons (Fsp3) is 0.292. The highest BCUT2D eigenvalue weighted by Crippen LogP contribution is 2.25. The molecule has 1 aliphatic rings. The molecule has 2 aromatic carbocycles. The molecule has 1 saturated heterocycles. The van der Waals surface area contributed by atoms with Crippen molar-refractivity contribution in [3.05, 3.63) is 82.7 Å². The van der Waals surface area contributed by atoms with Gasteiger partial charge >= 0.3 is 0 Å². The van der Waals surface area contributed by atoms with Crippen molar-refractivity contribution < 1.29 is 13.2 Å². The highest BCUT2D eigenvalue weighted by molar-refractivity contribution is 7.94. The number of amides is 1. The number of rotatable bonds is 8. The van der Waals surface area contributed by atoms with Gasteiger partial charge in [0.1, 0.15) is 4.21 Å². The van der Waals surface area contributed by atoms with Crippen LogP contribution in [0.2, 0.25) is 0 Å². The first-order chi connectivity index (χ1) is 15.4. The zero-order valence-corrected chi connectivity index (χ0v) is 19.7. The summed E-state index contributed by atoms with van der Waals surface area (Å²) in [6.07, 6.45) is 2.54. The molecule has 2 heterocycles. The van der Waals surface area contributed by atoms with Crippen molar-refractivity contribution in [2.45, 2.75) is 30.1 Å². The number of thiophene rings is 1. The number of sulfonamides is 1. The predicted octanol–water partition coefficient (Wildman–Crippen LogP) is 4.10. The first-order valence-corrected chi connectivity index (χ1v) is 13.0. The average molecular weight is 470 g/mol. The monoisotopic (exact) mass is 469 g/mol. The summed E-state index contributed by atoms with van der Waals surface area (Å²) >= 11 is 1.18. The molecule has 168 valence electrons. The lowest BCUT2D eigenvalue weighted by Gasteiger charge is -2.18. The minimum atomic E-state index is -3.59. The number of benzene rings is 2. The normalized spacial score (nSPS) is 14.4. The molecule has 0 bridgehead atoms. The van der Waals surface area contributed by atoms with E-state index in [1.807, 2.05) is 12.1 Å².